The van der Waals surface area contributed by atoms with Crippen molar-refractivity contribution in [3.05, 3.63) is 23.8 Å². The van der Waals surface area contributed by atoms with Gasteiger partial charge in [-0.15, -0.1) is 0 Å². The van der Waals surface area contributed by atoms with E-state index in [-0.39, 0.29) is 16.1 Å². The van der Waals surface area contributed by atoms with E-state index in [9.17, 15) is 13.5 Å². The molecule has 1 aromatic rings. The van der Waals surface area contributed by atoms with E-state index in [4.69, 9.17) is 5.73 Å². The van der Waals surface area contributed by atoms with E-state index in [2.05, 4.69) is 0 Å². The molecule has 0 radical (unpaired) electrons. The number of hydrogen-bond acceptors (Lipinski definition) is 4. The third-order valence-electron chi connectivity index (χ3n) is 3.64. The summed E-state index contributed by atoms with van der Waals surface area (Å²) in [6.45, 7) is 0.368. The Bertz CT molecular complexity index is 527. The van der Waals surface area contributed by atoms with Gasteiger partial charge in [0, 0.05) is 23.8 Å². The first-order chi connectivity index (χ1) is 7.91. The number of phenols is 1. The van der Waals surface area contributed by atoms with Gasteiger partial charge in [-0.3, -0.25) is 0 Å². The Morgan fingerprint density at radius 2 is 2.06 bits per heavy atom. The Balaban J connectivity index is 2.67. The van der Waals surface area contributed by atoms with Crippen molar-refractivity contribution in [3.63, 3.8) is 0 Å². The van der Waals surface area contributed by atoms with Crippen LogP contribution in [0.1, 0.15) is 24.8 Å². The fourth-order valence-corrected chi connectivity index (χ4v) is 3.54. The Kier molecular flexibility index (Phi) is 2.91. The van der Waals surface area contributed by atoms with Crippen molar-refractivity contribution in [2.75, 3.05) is 12.8 Å². The van der Waals surface area contributed by atoms with Gasteiger partial charge in [0.15, 0.2) is 9.84 Å². The summed E-state index contributed by atoms with van der Waals surface area (Å²) in [5.74, 6) is 0.0399. The predicted octanol–water partition coefficient (Wildman–Crippen LogP) is 1.18. The minimum Gasteiger partial charge on any atom is -0.508 e. The zero-order valence-corrected chi connectivity index (χ0v) is 10.6. The highest BCUT2D eigenvalue weighted by atomic mass is 32.2. The van der Waals surface area contributed by atoms with E-state index < -0.39 is 9.84 Å². The van der Waals surface area contributed by atoms with Gasteiger partial charge in [0.25, 0.3) is 0 Å². The zero-order chi connectivity index (χ0) is 12.7. The number of hydrogen-bond donors (Lipinski definition) is 2. The van der Waals surface area contributed by atoms with Crippen LogP contribution >= 0.6 is 0 Å². The third kappa shape index (κ3) is 1.93. The van der Waals surface area contributed by atoms with Gasteiger partial charge in [-0.2, -0.15) is 0 Å². The van der Waals surface area contributed by atoms with Crippen molar-refractivity contribution in [2.45, 2.75) is 29.6 Å². The molecule has 17 heavy (non-hydrogen) atoms. The predicted molar refractivity (Wildman–Crippen MR) is 65.8 cm³/mol. The molecule has 0 aliphatic heterocycles. The largest absolute Gasteiger partial charge is 0.508 e. The van der Waals surface area contributed by atoms with Gasteiger partial charge in [-0.05, 0) is 25.0 Å². The first kappa shape index (κ1) is 12.4. The number of aromatic hydroxyl groups is 1. The van der Waals surface area contributed by atoms with E-state index in [1.54, 1.807) is 12.1 Å². The van der Waals surface area contributed by atoms with Crippen LogP contribution in [0.3, 0.4) is 0 Å². The molecule has 0 atom stereocenters. The van der Waals surface area contributed by atoms with Crippen molar-refractivity contribution in [1.82, 2.24) is 0 Å². The topological polar surface area (TPSA) is 80.4 Å². The first-order valence-electron chi connectivity index (χ1n) is 5.63. The van der Waals surface area contributed by atoms with Crippen LogP contribution in [0.15, 0.2) is 23.1 Å². The summed E-state index contributed by atoms with van der Waals surface area (Å²) < 4.78 is 23.5. The van der Waals surface area contributed by atoms with Crippen LogP contribution in [0, 0.1) is 0 Å². The second kappa shape index (κ2) is 3.99. The monoisotopic (exact) mass is 255 g/mol. The molecule has 0 aromatic heterocycles. The van der Waals surface area contributed by atoms with E-state index in [0.29, 0.717) is 12.1 Å². The van der Waals surface area contributed by atoms with Gasteiger partial charge >= 0.3 is 0 Å². The molecule has 0 spiro atoms. The average molecular weight is 255 g/mol. The average Bonchev–Trinajstić information content (AvgIpc) is 2.17. The van der Waals surface area contributed by atoms with Crippen LogP contribution in [-0.4, -0.2) is 26.3 Å². The molecule has 1 aliphatic carbocycles. The van der Waals surface area contributed by atoms with Crippen LogP contribution in [0.25, 0.3) is 0 Å². The Labute approximate surface area is 101 Å². The summed E-state index contributed by atoms with van der Waals surface area (Å²) in [6.07, 6.45) is 3.86. The molecule has 0 bridgehead atoms. The van der Waals surface area contributed by atoms with E-state index >= 15 is 0 Å². The lowest BCUT2D eigenvalue weighted by Crippen LogP contribution is -2.42. The normalized spacial score (nSPS) is 18.7. The van der Waals surface area contributed by atoms with Crippen LogP contribution in [0.2, 0.25) is 0 Å². The maximum absolute atomic E-state index is 11.8. The Hall–Kier alpha value is -1.07. The lowest BCUT2D eigenvalue weighted by molar-refractivity contribution is 0.240. The Morgan fingerprint density at radius 1 is 1.41 bits per heavy atom. The lowest BCUT2D eigenvalue weighted by atomic mass is 9.64. The maximum Gasteiger partial charge on any atom is 0.175 e. The van der Waals surface area contributed by atoms with Crippen molar-refractivity contribution >= 4 is 9.84 Å². The maximum atomic E-state index is 11.8. The van der Waals surface area contributed by atoms with Crippen LogP contribution < -0.4 is 5.73 Å². The number of rotatable bonds is 3. The van der Waals surface area contributed by atoms with Crippen LogP contribution in [0.4, 0.5) is 0 Å². The number of benzene rings is 1. The van der Waals surface area contributed by atoms with Gasteiger partial charge in [-0.25, -0.2) is 8.42 Å². The lowest BCUT2D eigenvalue weighted by Gasteiger charge is -2.42. The number of sulfone groups is 1. The molecular weight excluding hydrogens is 238 g/mol. The first-order valence-corrected chi connectivity index (χ1v) is 7.52. The highest BCUT2D eigenvalue weighted by Crippen LogP contribution is 2.48. The summed E-state index contributed by atoms with van der Waals surface area (Å²) in [5, 5.41) is 9.97. The van der Waals surface area contributed by atoms with E-state index in [1.807, 2.05) is 0 Å². The molecule has 1 saturated carbocycles. The summed E-state index contributed by atoms with van der Waals surface area (Å²) in [6, 6.07) is 4.62. The molecular formula is C12H17NO3S. The molecule has 0 amide bonds. The van der Waals surface area contributed by atoms with E-state index in [0.717, 1.165) is 25.5 Å². The number of phenolic OH excluding ortho intramolecular Hbond substituents is 1. The molecule has 3 N–H and O–H groups in total. The van der Waals surface area contributed by atoms with Gasteiger partial charge in [0.2, 0.25) is 0 Å². The molecule has 2 rings (SSSR count). The third-order valence-corrected chi connectivity index (χ3v) is 4.77. The zero-order valence-electron chi connectivity index (χ0n) is 9.81. The molecule has 1 aromatic carbocycles. The summed E-state index contributed by atoms with van der Waals surface area (Å²) in [5.41, 5.74) is 5.93. The molecule has 1 fully saturated rings. The fraction of sp³-hybridized carbons (Fsp3) is 0.500. The molecule has 0 saturated heterocycles. The highest BCUT2D eigenvalue weighted by Gasteiger charge is 2.42. The SMILES string of the molecule is CS(=O)(=O)c1cccc(O)c1C1(CN)CCC1. The van der Waals surface area contributed by atoms with Gasteiger partial charge in [0.05, 0.1) is 4.90 Å². The smallest absolute Gasteiger partial charge is 0.175 e. The van der Waals surface area contributed by atoms with Gasteiger partial charge in [-0.1, -0.05) is 12.5 Å². The van der Waals surface area contributed by atoms with E-state index in [1.165, 1.54) is 6.07 Å². The van der Waals surface area contributed by atoms with Crippen LogP contribution in [-0.2, 0) is 15.3 Å². The van der Waals surface area contributed by atoms with Crippen molar-refractivity contribution in [2.24, 2.45) is 5.73 Å². The second-order valence-corrected chi connectivity index (χ2v) is 6.74. The van der Waals surface area contributed by atoms with Crippen molar-refractivity contribution in [3.8, 4) is 5.75 Å². The minimum atomic E-state index is -3.34. The standard InChI is InChI=1S/C12H17NO3S/c1-17(15,16)10-5-2-4-9(14)11(10)12(8-13)6-3-7-12/h2,4-5,14H,3,6-8,13H2,1H3. The quantitative estimate of drug-likeness (QED) is 0.849. The Morgan fingerprint density at radius 3 is 2.47 bits per heavy atom. The van der Waals surface area contributed by atoms with Crippen molar-refractivity contribution < 1.29 is 13.5 Å². The summed E-state index contributed by atoms with van der Waals surface area (Å²) in [7, 11) is -3.34. The molecule has 5 heteroatoms. The summed E-state index contributed by atoms with van der Waals surface area (Å²) >= 11 is 0. The molecule has 0 heterocycles. The summed E-state index contributed by atoms with van der Waals surface area (Å²) in [4.78, 5) is 0.211. The van der Waals surface area contributed by atoms with Gasteiger partial charge < -0.3 is 10.8 Å². The number of nitrogens with two attached hydrogens (primary N) is 1. The molecule has 4 nitrogen and oxygen atoms in total. The molecule has 1 aliphatic rings. The highest BCUT2D eigenvalue weighted by molar-refractivity contribution is 7.90. The van der Waals surface area contributed by atoms with Gasteiger partial charge in [0.1, 0.15) is 5.75 Å². The molecule has 0 unspecified atom stereocenters. The van der Waals surface area contributed by atoms with Crippen LogP contribution in [0.5, 0.6) is 5.75 Å². The minimum absolute atomic E-state index is 0.0399. The van der Waals surface area contributed by atoms with Crippen molar-refractivity contribution in [1.29, 1.82) is 0 Å². The second-order valence-electron chi connectivity index (χ2n) is 4.76. The molecule has 94 valence electrons. The fourth-order valence-electron chi connectivity index (χ4n) is 2.52.